The standard InChI is InChI=1S/C10H15N5/c1-7(2)15-5-8-9(13-15)11-6-12-10(8)14(3)4/h5-7H,1-4H3. The Morgan fingerprint density at radius 3 is 2.60 bits per heavy atom. The molecule has 2 aromatic rings. The molecule has 0 N–H and O–H groups in total. The van der Waals surface area contributed by atoms with Crippen LogP contribution in [-0.2, 0) is 0 Å². The van der Waals surface area contributed by atoms with Crippen molar-refractivity contribution in [2.75, 3.05) is 19.0 Å². The molecule has 0 unspecified atom stereocenters. The fourth-order valence-corrected chi connectivity index (χ4v) is 1.46. The first kappa shape index (κ1) is 9.89. The topological polar surface area (TPSA) is 46.8 Å². The summed E-state index contributed by atoms with van der Waals surface area (Å²) in [7, 11) is 3.93. The molecule has 0 saturated heterocycles. The van der Waals surface area contributed by atoms with Crippen LogP contribution in [0.4, 0.5) is 5.82 Å². The van der Waals surface area contributed by atoms with E-state index < -0.39 is 0 Å². The largest absolute Gasteiger partial charge is 0.362 e. The molecule has 0 aromatic carbocycles. The van der Waals surface area contributed by atoms with E-state index in [1.54, 1.807) is 6.33 Å². The molecule has 0 aliphatic carbocycles. The zero-order valence-corrected chi connectivity index (χ0v) is 9.47. The second kappa shape index (κ2) is 3.49. The Kier molecular flexibility index (Phi) is 2.30. The summed E-state index contributed by atoms with van der Waals surface area (Å²) in [5, 5.41) is 5.39. The van der Waals surface area contributed by atoms with Crippen LogP contribution in [0.15, 0.2) is 12.5 Å². The van der Waals surface area contributed by atoms with E-state index in [1.807, 2.05) is 29.9 Å². The summed E-state index contributed by atoms with van der Waals surface area (Å²) in [5.41, 5.74) is 0.752. The lowest BCUT2D eigenvalue weighted by molar-refractivity contribution is 0.536. The van der Waals surface area contributed by atoms with Gasteiger partial charge >= 0.3 is 0 Å². The molecule has 2 aromatic heterocycles. The zero-order chi connectivity index (χ0) is 11.0. The van der Waals surface area contributed by atoms with Crippen LogP contribution in [0, 0.1) is 0 Å². The van der Waals surface area contributed by atoms with Gasteiger partial charge in [-0.25, -0.2) is 9.97 Å². The number of anilines is 1. The van der Waals surface area contributed by atoms with Gasteiger partial charge in [0, 0.05) is 26.3 Å². The molecule has 0 radical (unpaired) electrons. The lowest BCUT2D eigenvalue weighted by atomic mass is 10.3. The van der Waals surface area contributed by atoms with Crippen LogP contribution in [0.5, 0.6) is 0 Å². The monoisotopic (exact) mass is 205 g/mol. The van der Waals surface area contributed by atoms with Crippen molar-refractivity contribution in [1.29, 1.82) is 0 Å². The average molecular weight is 205 g/mol. The molecular formula is C10H15N5. The van der Waals surface area contributed by atoms with E-state index >= 15 is 0 Å². The summed E-state index contributed by atoms with van der Waals surface area (Å²) >= 11 is 0. The summed E-state index contributed by atoms with van der Waals surface area (Å²) in [4.78, 5) is 10.4. The van der Waals surface area contributed by atoms with Gasteiger partial charge in [0.25, 0.3) is 0 Å². The highest BCUT2D eigenvalue weighted by atomic mass is 15.3. The maximum Gasteiger partial charge on any atom is 0.186 e. The number of fused-ring (bicyclic) bond motifs is 1. The molecule has 5 nitrogen and oxygen atoms in total. The molecule has 0 bridgehead atoms. The zero-order valence-electron chi connectivity index (χ0n) is 9.47. The maximum absolute atomic E-state index is 4.39. The summed E-state index contributed by atoms with van der Waals surface area (Å²) < 4.78 is 1.91. The summed E-state index contributed by atoms with van der Waals surface area (Å²) in [5.74, 6) is 0.909. The van der Waals surface area contributed by atoms with E-state index in [-0.39, 0.29) is 0 Å². The molecule has 0 aliphatic heterocycles. The lowest BCUT2D eigenvalue weighted by Gasteiger charge is -2.10. The number of hydrogen-bond donors (Lipinski definition) is 0. The van der Waals surface area contributed by atoms with Gasteiger partial charge in [-0.15, -0.1) is 0 Å². The van der Waals surface area contributed by atoms with Gasteiger partial charge in [0.1, 0.15) is 12.1 Å². The number of nitrogens with zero attached hydrogens (tertiary/aromatic N) is 5. The SMILES string of the molecule is CC(C)n1cc2c(N(C)C)ncnc2n1. The van der Waals surface area contributed by atoms with E-state index in [1.165, 1.54) is 0 Å². The Morgan fingerprint density at radius 1 is 1.27 bits per heavy atom. The van der Waals surface area contributed by atoms with Crippen molar-refractivity contribution >= 4 is 16.9 Å². The van der Waals surface area contributed by atoms with E-state index in [9.17, 15) is 0 Å². The minimum absolute atomic E-state index is 0.342. The van der Waals surface area contributed by atoms with E-state index in [4.69, 9.17) is 0 Å². The molecule has 0 aliphatic rings. The first-order valence-electron chi connectivity index (χ1n) is 4.97. The van der Waals surface area contributed by atoms with Gasteiger partial charge in [-0.3, -0.25) is 4.68 Å². The summed E-state index contributed by atoms with van der Waals surface area (Å²) in [6.07, 6.45) is 3.55. The van der Waals surface area contributed by atoms with Crippen LogP contribution in [0.1, 0.15) is 19.9 Å². The normalized spacial score (nSPS) is 11.3. The predicted molar refractivity (Wildman–Crippen MR) is 60.0 cm³/mol. The molecule has 0 atom stereocenters. The second-order valence-electron chi connectivity index (χ2n) is 4.03. The molecule has 2 rings (SSSR count). The van der Waals surface area contributed by atoms with Crippen molar-refractivity contribution in [2.45, 2.75) is 19.9 Å². The fourth-order valence-electron chi connectivity index (χ4n) is 1.46. The first-order valence-corrected chi connectivity index (χ1v) is 4.97. The van der Waals surface area contributed by atoms with Gasteiger partial charge in [-0.1, -0.05) is 0 Å². The number of hydrogen-bond acceptors (Lipinski definition) is 4. The molecule has 0 spiro atoms. The highest BCUT2D eigenvalue weighted by Crippen LogP contribution is 2.21. The Bertz CT molecular complexity index is 472. The maximum atomic E-state index is 4.39. The molecule has 80 valence electrons. The van der Waals surface area contributed by atoms with Crippen molar-refractivity contribution in [1.82, 2.24) is 19.7 Å². The predicted octanol–water partition coefficient (Wildman–Crippen LogP) is 1.47. The van der Waals surface area contributed by atoms with Gasteiger partial charge in [0.05, 0.1) is 5.39 Å². The molecule has 0 amide bonds. The third kappa shape index (κ3) is 1.65. The summed E-state index contributed by atoms with van der Waals surface area (Å²) in [6, 6.07) is 0.342. The van der Waals surface area contributed by atoms with Crippen molar-refractivity contribution in [3.63, 3.8) is 0 Å². The van der Waals surface area contributed by atoms with Crippen LogP contribution in [0.3, 0.4) is 0 Å². The minimum Gasteiger partial charge on any atom is -0.362 e. The number of rotatable bonds is 2. The van der Waals surface area contributed by atoms with Crippen LogP contribution < -0.4 is 4.90 Å². The van der Waals surface area contributed by atoms with Crippen molar-refractivity contribution < 1.29 is 0 Å². The smallest absolute Gasteiger partial charge is 0.186 e. The van der Waals surface area contributed by atoms with Gasteiger partial charge in [0.15, 0.2) is 5.65 Å². The fraction of sp³-hybridized carbons (Fsp3) is 0.500. The minimum atomic E-state index is 0.342. The molecule has 2 heterocycles. The quantitative estimate of drug-likeness (QED) is 0.745. The van der Waals surface area contributed by atoms with Gasteiger partial charge < -0.3 is 4.90 Å². The third-order valence-electron chi connectivity index (χ3n) is 2.27. The van der Waals surface area contributed by atoms with Crippen molar-refractivity contribution in [2.24, 2.45) is 0 Å². The summed E-state index contributed by atoms with van der Waals surface area (Å²) in [6.45, 7) is 4.18. The third-order valence-corrected chi connectivity index (χ3v) is 2.27. The Morgan fingerprint density at radius 2 is 2.00 bits per heavy atom. The van der Waals surface area contributed by atoms with Crippen LogP contribution >= 0.6 is 0 Å². The molecule has 0 saturated carbocycles. The van der Waals surface area contributed by atoms with Crippen molar-refractivity contribution in [3.05, 3.63) is 12.5 Å². The first-order chi connectivity index (χ1) is 7.09. The average Bonchev–Trinajstić information content (AvgIpc) is 2.60. The lowest BCUT2D eigenvalue weighted by Crippen LogP contribution is -2.10. The molecule has 5 heteroatoms. The van der Waals surface area contributed by atoms with Gasteiger partial charge in [-0.05, 0) is 13.8 Å². The van der Waals surface area contributed by atoms with E-state index in [2.05, 4.69) is 28.9 Å². The highest BCUT2D eigenvalue weighted by molar-refractivity contribution is 5.86. The van der Waals surface area contributed by atoms with Gasteiger partial charge in [-0.2, -0.15) is 5.10 Å². The Balaban J connectivity index is 2.64. The van der Waals surface area contributed by atoms with Crippen molar-refractivity contribution in [3.8, 4) is 0 Å². The Labute approximate surface area is 88.7 Å². The Hall–Kier alpha value is -1.65. The van der Waals surface area contributed by atoms with E-state index in [0.717, 1.165) is 16.9 Å². The number of aromatic nitrogens is 4. The van der Waals surface area contributed by atoms with E-state index in [0.29, 0.717) is 6.04 Å². The van der Waals surface area contributed by atoms with Crippen LogP contribution in [0.2, 0.25) is 0 Å². The van der Waals surface area contributed by atoms with Crippen LogP contribution in [0.25, 0.3) is 11.0 Å². The molecule has 0 fully saturated rings. The highest BCUT2D eigenvalue weighted by Gasteiger charge is 2.10. The second-order valence-corrected chi connectivity index (χ2v) is 4.03. The molecular weight excluding hydrogens is 190 g/mol. The van der Waals surface area contributed by atoms with Gasteiger partial charge in [0.2, 0.25) is 0 Å². The molecule has 15 heavy (non-hydrogen) atoms. The van der Waals surface area contributed by atoms with Crippen LogP contribution in [-0.4, -0.2) is 33.8 Å².